The quantitative estimate of drug-likeness (QED) is 0.719. The molecule has 1 atom stereocenters. The average Bonchev–Trinajstić information content (AvgIpc) is 2.77. The lowest BCUT2D eigenvalue weighted by Gasteiger charge is -2.28. The standard InChI is InChI=1S/C13H17N3O2S/c14-11(17)9-13(15-6-7-19-13)16-12(18)8-10-4-2-1-3-5-10/h1-5,15H,6-9H2,(H2,14,17)(H,16,18). The van der Waals surface area contributed by atoms with E-state index in [0.717, 1.165) is 17.9 Å². The molecule has 0 aromatic heterocycles. The Hall–Kier alpha value is -1.53. The summed E-state index contributed by atoms with van der Waals surface area (Å²) >= 11 is 1.51. The first-order chi connectivity index (χ1) is 9.10. The predicted molar refractivity (Wildman–Crippen MR) is 75.3 cm³/mol. The maximum Gasteiger partial charge on any atom is 0.226 e. The molecule has 1 aliphatic heterocycles. The fourth-order valence-corrected chi connectivity index (χ4v) is 3.25. The highest BCUT2D eigenvalue weighted by molar-refractivity contribution is 8.00. The molecule has 1 fully saturated rings. The monoisotopic (exact) mass is 279 g/mol. The summed E-state index contributed by atoms with van der Waals surface area (Å²) in [6.45, 7) is 0.754. The van der Waals surface area contributed by atoms with Crippen LogP contribution in [0.5, 0.6) is 0 Å². The minimum Gasteiger partial charge on any atom is -0.370 e. The Bertz CT molecular complexity index is 458. The van der Waals surface area contributed by atoms with E-state index in [1.54, 1.807) is 0 Å². The van der Waals surface area contributed by atoms with E-state index in [0.29, 0.717) is 6.42 Å². The van der Waals surface area contributed by atoms with Crippen LogP contribution in [0.1, 0.15) is 12.0 Å². The molecular weight excluding hydrogens is 262 g/mol. The van der Waals surface area contributed by atoms with E-state index in [-0.39, 0.29) is 12.3 Å². The summed E-state index contributed by atoms with van der Waals surface area (Å²) in [6, 6.07) is 9.49. The largest absolute Gasteiger partial charge is 0.370 e. The number of nitrogens with one attached hydrogen (secondary N) is 2. The molecule has 19 heavy (non-hydrogen) atoms. The van der Waals surface area contributed by atoms with Crippen LogP contribution in [0.25, 0.3) is 0 Å². The normalized spacial score (nSPS) is 22.1. The number of rotatable bonds is 5. The molecule has 1 unspecified atom stereocenters. The Morgan fingerprint density at radius 1 is 1.37 bits per heavy atom. The maximum absolute atomic E-state index is 12.0. The van der Waals surface area contributed by atoms with Crippen molar-refractivity contribution in [3.05, 3.63) is 35.9 Å². The zero-order valence-corrected chi connectivity index (χ0v) is 11.3. The highest BCUT2D eigenvalue weighted by Crippen LogP contribution is 2.27. The summed E-state index contributed by atoms with van der Waals surface area (Å²) in [7, 11) is 0. The first-order valence-electron chi connectivity index (χ1n) is 6.12. The van der Waals surface area contributed by atoms with E-state index < -0.39 is 10.9 Å². The summed E-state index contributed by atoms with van der Waals surface area (Å²) in [5.41, 5.74) is 6.18. The highest BCUT2D eigenvalue weighted by Gasteiger charge is 2.37. The van der Waals surface area contributed by atoms with Crippen molar-refractivity contribution in [1.29, 1.82) is 0 Å². The van der Waals surface area contributed by atoms with Crippen LogP contribution in [-0.4, -0.2) is 29.1 Å². The molecule has 4 N–H and O–H groups in total. The van der Waals surface area contributed by atoms with Gasteiger partial charge in [-0.05, 0) is 5.56 Å². The van der Waals surface area contributed by atoms with Gasteiger partial charge >= 0.3 is 0 Å². The second-order valence-corrected chi connectivity index (χ2v) is 5.85. The zero-order chi connectivity index (χ0) is 13.7. The molecule has 1 saturated heterocycles. The minimum atomic E-state index is -0.738. The molecular formula is C13H17N3O2S. The van der Waals surface area contributed by atoms with Gasteiger partial charge in [-0.15, -0.1) is 11.8 Å². The van der Waals surface area contributed by atoms with Crippen LogP contribution in [0.4, 0.5) is 0 Å². The van der Waals surface area contributed by atoms with Gasteiger partial charge in [-0.3, -0.25) is 14.9 Å². The fraction of sp³-hybridized carbons (Fsp3) is 0.385. The molecule has 0 saturated carbocycles. The Balaban J connectivity index is 1.97. The molecule has 1 aliphatic rings. The van der Waals surface area contributed by atoms with E-state index in [1.807, 2.05) is 30.3 Å². The fourth-order valence-electron chi connectivity index (χ4n) is 2.06. The third-order valence-electron chi connectivity index (χ3n) is 2.83. The van der Waals surface area contributed by atoms with Crippen molar-refractivity contribution < 1.29 is 9.59 Å². The maximum atomic E-state index is 12.0. The Morgan fingerprint density at radius 2 is 2.11 bits per heavy atom. The molecule has 102 valence electrons. The summed E-state index contributed by atoms with van der Waals surface area (Å²) in [4.78, 5) is 22.4. The summed E-state index contributed by atoms with van der Waals surface area (Å²) in [5.74, 6) is 0.301. The van der Waals surface area contributed by atoms with Crippen LogP contribution in [0.15, 0.2) is 30.3 Å². The summed E-state index contributed by atoms with van der Waals surface area (Å²) in [6.07, 6.45) is 0.391. The topological polar surface area (TPSA) is 84.2 Å². The predicted octanol–water partition coefficient (Wildman–Crippen LogP) is 0.211. The van der Waals surface area contributed by atoms with Crippen molar-refractivity contribution in [2.75, 3.05) is 12.3 Å². The third-order valence-corrected chi connectivity index (χ3v) is 4.12. The molecule has 1 heterocycles. The van der Waals surface area contributed by atoms with Crippen molar-refractivity contribution in [3.63, 3.8) is 0 Å². The van der Waals surface area contributed by atoms with Gasteiger partial charge < -0.3 is 11.1 Å². The summed E-state index contributed by atoms with van der Waals surface area (Å²) < 4.78 is 0. The van der Waals surface area contributed by atoms with Gasteiger partial charge in [0.25, 0.3) is 0 Å². The number of amides is 2. The SMILES string of the molecule is NC(=O)CC1(NC(=O)Cc2ccccc2)NCCS1. The molecule has 0 bridgehead atoms. The van der Waals surface area contributed by atoms with Gasteiger partial charge in [0, 0.05) is 12.3 Å². The van der Waals surface area contributed by atoms with Gasteiger partial charge in [-0.1, -0.05) is 30.3 Å². The number of primary amides is 1. The second kappa shape index (κ2) is 6.08. The van der Waals surface area contributed by atoms with E-state index in [2.05, 4.69) is 10.6 Å². The lowest BCUT2D eigenvalue weighted by atomic mass is 10.1. The van der Waals surface area contributed by atoms with Crippen molar-refractivity contribution in [2.24, 2.45) is 5.73 Å². The van der Waals surface area contributed by atoms with Gasteiger partial charge in [0.2, 0.25) is 11.8 Å². The molecule has 0 radical (unpaired) electrons. The number of nitrogens with two attached hydrogens (primary N) is 1. The molecule has 1 aromatic carbocycles. The molecule has 2 amide bonds. The Morgan fingerprint density at radius 3 is 2.68 bits per heavy atom. The Labute approximate surface area is 116 Å². The van der Waals surface area contributed by atoms with E-state index in [1.165, 1.54) is 11.8 Å². The van der Waals surface area contributed by atoms with Gasteiger partial charge in [-0.25, -0.2) is 0 Å². The van der Waals surface area contributed by atoms with E-state index in [4.69, 9.17) is 5.73 Å². The van der Waals surface area contributed by atoms with Crippen LogP contribution in [0.2, 0.25) is 0 Å². The van der Waals surface area contributed by atoms with Gasteiger partial charge in [0.15, 0.2) is 0 Å². The van der Waals surface area contributed by atoms with Crippen LogP contribution >= 0.6 is 11.8 Å². The van der Waals surface area contributed by atoms with Gasteiger partial charge in [-0.2, -0.15) is 0 Å². The van der Waals surface area contributed by atoms with Crippen LogP contribution < -0.4 is 16.4 Å². The Kier molecular flexibility index (Phi) is 4.44. The number of thioether (sulfide) groups is 1. The summed E-state index contributed by atoms with van der Waals surface area (Å²) in [5, 5.41) is 6.03. The number of hydrogen-bond acceptors (Lipinski definition) is 4. The van der Waals surface area contributed by atoms with Gasteiger partial charge in [0.1, 0.15) is 4.99 Å². The lowest BCUT2D eigenvalue weighted by molar-refractivity contribution is -0.122. The number of carbonyl (C=O) groups excluding carboxylic acids is 2. The first-order valence-corrected chi connectivity index (χ1v) is 7.10. The molecule has 5 nitrogen and oxygen atoms in total. The smallest absolute Gasteiger partial charge is 0.226 e. The molecule has 1 aromatic rings. The number of benzene rings is 1. The highest BCUT2D eigenvalue weighted by atomic mass is 32.2. The molecule has 0 aliphatic carbocycles. The van der Waals surface area contributed by atoms with Crippen molar-refractivity contribution >= 4 is 23.6 Å². The second-order valence-electron chi connectivity index (χ2n) is 4.46. The van der Waals surface area contributed by atoms with Crippen molar-refractivity contribution in [1.82, 2.24) is 10.6 Å². The third kappa shape index (κ3) is 3.97. The van der Waals surface area contributed by atoms with Crippen molar-refractivity contribution in [2.45, 2.75) is 17.8 Å². The lowest BCUT2D eigenvalue weighted by Crippen LogP contribution is -2.55. The first kappa shape index (κ1) is 13.9. The van der Waals surface area contributed by atoms with Crippen LogP contribution in [0, 0.1) is 0 Å². The number of carbonyl (C=O) groups is 2. The van der Waals surface area contributed by atoms with Gasteiger partial charge in [0.05, 0.1) is 12.8 Å². The number of hydrogen-bond donors (Lipinski definition) is 3. The molecule has 0 spiro atoms. The average molecular weight is 279 g/mol. The van der Waals surface area contributed by atoms with Crippen molar-refractivity contribution in [3.8, 4) is 0 Å². The van der Waals surface area contributed by atoms with E-state index in [9.17, 15) is 9.59 Å². The van der Waals surface area contributed by atoms with E-state index >= 15 is 0 Å². The molecule has 2 rings (SSSR count). The van der Waals surface area contributed by atoms with Crippen LogP contribution in [-0.2, 0) is 16.0 Å². The molecule has 6 heteroatoms. The zero-order valence-electron chi connectivity index (χ0n) is 10.5. The van der Waals surface area contributed by atoms with Crippen LogP contribution in [0.3, 0.4) is 0 Å². The minimum absolute atomic E-state index is 0.0954.